The van der Waals surface area contributed by atoms with E-state index in [2.05, 4.69) is 15.0 Å². The van der Waals surface area contributed by atoms with Crippen molar-refractivity contribution in [1.29, 1.82) is 0 Å². The van der Waals surface area contributed by atoms with Crippen LogP contribution in [-0.4, -0.2) is 34.4 Å². The fraction of sp³-hybridized carbons (Fsp3) is 0.318. The van der Waals surface area contributed by atoms with Gasteiger partial charge in [-0.15, -0.1) is 0 Å². The summed E-state index contributed by atoms with van der Waals surface area (Å²) in [5.74, 6) is -0.358. The van der Waals surface area contributed by atoms with Crippen molar-refractivity contribution in [3.63, 3.8) is 0 Å². The van der Waals surface area contributed by atoms with Crippen LogP contribution in [0.4, 0.5) is 13.9 Å². The van der Waals surface area contributed by atoms with Gasteiger partial charge in [0.05, 0.1) is 10.2 Å². The van der Waals surface area contributed by atoms with Gasteiger partial charge in [-0.1, -0.05) is 29.5 Å². The first-order valence-corrected chi connectivity index (χ1v) is 10.6. The van der Waals surface area contributed by atoms with E-state index >= 15 is 0 Å². The zero-order chi connectivity index (χ0) is 22.1. The maximum Gasteiger partial charge on any atom is 0.387 e. The summed E-state index contributed by atoms with van der Waals surface area (Å²) in [6, 6.07) is 9.45. The van der Waals surface area contributed by atoms with Gasteiger partial charge in [0, 0.05) is 13.0 Å². The SMILES string of the molecule is Cc1ccc2sc(NC(=O)C3CCC(=O)N3Cc3ccc(OC(F)F)cc3)nc2c1C. The molecule has 4 rings (SSSR count). The average molecular weight is 445 g/mol. The number of nitrogens with one attached hydrogen (secondary N) is 1. The van der Waals surface area contributed by atoms with Gasteiger partial charge in [-0.25, -0.2) is 4.98 Å². The minimum atomic E-state index is -2.89. The molecule has 0 bridgehead atoms. The Kier molecular flexibility index (Phi) is 5.86. The predicted octanol–water partition coefficient (Wildman–Crippen LogP) is 4.64. The maximum absolute atomic E-state index is 12.9. The lowest BCUT2D eigenvalue weighted by molar-refractivity contribution is -0.133. The number of rotatable bonds is 6. The van der Waals surface area contributed by atoms with Crippen molar-refractivity contribution in [2.24, 2.45) is 0 Å². The smallest absolute Gasteiger partial charge is 0.387 e. The first kappa shape index (κ1) is 21.2. The number of ether oxygens (including phenoxy) is 1. The third kappa shape index (κ3) is 4.51. The summed E-state index contributed by atoms with van der Waals surface area (Å²) < 4.78 is 29.9. The van der Waals surface area contributed by atoms with Gasteiger partial charge in [-0.05, 0) is 55.2 Å². The number of carbonyl (C=O) groups is 2. The molecule has 2 amide bonds. The first-order chi connectivity index (χ1) is 14.8. The standard InChI is InChI=1S/C22H21F2N3O3S/c1-12-3-9-17-19(13(12)2)25-22(31-17)26-20(29)16-8-10-18(28)27(16)11-14-4-6-15(7-5-14)30-21(23)24/h3-7,9,16,21H,8,10-11H2,1-2H3,(H,25,26,29). The molecule has 1 aliphatic rings. The molecule has 1 aliphatic heterocycles. The van der Waals surface area contributed by atoms with Gasteiger partial charge in [0.15, 0.2) is 5.13 Å². The Bertz CT molecular complexity index is 1130. The highest BCUT2D eigenvalue weighted by Crippen LogP contribution is 2.31. The summed E-state index contributed by atoms with van der Waals surface area (Å²) in [6.07, 6.45) is 0.698. The summed E-state index contributed by atoms with van der Waals surface area (Å²) in [6.45, 7) is 1.33. The van der Waals surface area contributed by atoms with Crippen LogP contribution in [0, 0.1) is 13.8 Å². The number of anilines is 1. The van der Waals surface area contributed by atoms with E-state index in [1.165, 1.54) is 28.4 Å². The van der Waals surface area contributed by atoms with Crippen LogP contribution in [0.1, 0.15) is 29.5 Å². The van der Waals surface area contributed by atoms with Crippen molar-refractivity contribution in [2.45, 2.75) is 45.9 Å². The molecular formula is C22H21F2N3O3S. The Morgan fingerprint density at radius 3 is 2.71 bits per heavy atom. The Labute approximate surface area is 181 Å². The normalized spacial score (nSPS) is 16.4. The van der Waals surface area contributed by atoms with E-state index in [4.69, 9.17) is 0 Å². The summed E-state index contributed by atoms with van der Waals surface area (Å²) in [7, 11) is 0. The molecule has 9 heteroatoms. The van der Waals surface area contributed by atoms with Crippen LogP contribution < -0.4 is 10.1 Å². The zero-order valence-electron chi connectivity index (χ0n) is 17.0. The summed E-state index contributed by atoms with van der Waals surface area (Å²) in [5.41, 5.74) is 3.80. The van der Waals surface area contributed by atoms with Gasteiger partial charge in [0.25, 0.3) is 0 Å². The molecule has 1 N–H and O–H groups in total. The van der Waals surface area contributed by atoms with Crippen LogP contribution in [0.3, 0.4) is 0 Å². The molecule has 1 unspecified atom stereocenters. The van der Waals surface area contributed by atoms with Crippen LogP contribution in [0.15, 0.2) is 36.4 Å². The van der Waals surface area contributed by atoms with Crippen molar-refractivity contribution >= 4 is 38.5 Å². The van der Waals surface area contributed by atoms with Crippen molar-refractivity contribution in [3.05, 3.63) is 53.1 Å². The Morgan fingerprint density at radius 1 is 1.26 bits per heavy atom. The third-order valence-electron chi connectivity index (χ3n) is 5.45. The molecule has 3 aromatic rings. The summed E-state index contributed by atoms with van der Waals surface area (Å²) >= 11 is 1.40. The number of benzene rings is 2. The second-order valence-electron chi connectivity index (χ2n) is 7.46. The number of hydrogen-bond donors (Lipinski definition) is 1. The predicted molar refractivity (Wildman–Crippen MR) is 114 cm³/mol. The largest absolute Gasteiger partial charge is 0.435 e. The lowest BCUT2D eigenvalue weighted by Gasteiger charge is -2.23. The lowest BCUT2D eigenvalue weighted by Crippen LogP contribution is -2.41. The van der Waals surface area contributed by atoms with Gasteiger partial charge in [0.2, 0.25) is 11.8 Å². The minimum absolute atomic E-state index is 0.0437. The molecule has 0 aliphatic carbocycles. The Morgan fingerprint density at radius 2 is 2.00 bits per heavy atom. The van der Waals surface area contributed by atoms with Crippen molar-refractivity contribution in [2.75, 3.05) is 5.32 Å². The molecule has 1 saturated heterocycles. The molecule has 31 heavy (non-hydrogen) atoms. The number of halogens is 2. The first-order valence-electron chi connectivity index (χ1n) is 9.82. The van der Waals surface area contributed by atoms with Crippen LogP contribution in [0.25, 0.3) is 10.2 Å². The fourth-order valence-corrected chi connectivity index (χ4v) is 4.57. The molecular weight excluding hydrogens is 424 g/mol. The molecule has 0 spiro atoms. The van der Waals surface area contributed by atoms with Crippen LogP contribution >= 0.6 is 11.3 Å². The quantitative estimate of drug-likeness (QED) is 0.600. The molecule has 1 fully saturated rings. The van der Waals surface area contributed by atoms with Crippen molar-refractivity contribution in [1.82, 2.24) is 9.88 Å². The van der Waals surface area contributed by atoms with Gasteiger partial charge < -0.3 is 15.0 Å². The molecule has 2 heterocycles. The molecule has 1 aromatic heterocycles. The molecule has 0 radical (unpaired) electrons. The number of aryl methyl sites for hydroxylation is 2. The number of thiazole rings is 1. The van der Waals surface area contributed by atoms with E-state index in [-0.39, 0.29) is 30.5 Å². The maximum atomic E-state index is 12.9. The van der Waals surface area contributed by atoms with Gasteiger partial charge in [-0.2, -0.15) is 8.78 Å². The Hall–Kier alpha value is -3.07. The minimum Gasteiger partial charge on any atom is -0.435 e. The molecule has 6 nitrogen and oxygen atoms in total. The van der Waals surface area contributed by atoms with E-state index in [0.717, 1.165) is 26.9 Å². The number of hydrogen-bond acceptors (Lipinski definition) is 5. The summed E-state index contributed by atoms with van der Waals surface area (Å²) in [5, 5.41) is 3.36. The van der Waals surface area contributed by atoms with E-state index in [9.17, 15) is 18.4 Å². The van der Waals surface area contributed by atoms with Gasteiger partial charge in [-0.3, -0.25) is 9.59 Å². The van der Waals surface area contributed by atoms with Crippen LogP contribution in [-0.2, 0) is 16.1 Å². The molecule has 2 aromatic carbocycles. The fourth-order valence-electron chi connectivity index (χ4n) is 3.65. The highest BCUT2D eigenvalue weighted by atomic mass is 32.1. The molecule has 162 valence electrons. The second-order valence-corrected chi connectivity index (χ2v) is 8.49. The highest BCUT2D eigenvalue weighted by Gasteiger charge is 2.36. The number of fused-ring (bicyclic) bond motifs is 1. The molecule has 1 atom stereocenters. The number of alkyl halides is 2. The van der Waals surface area contributed by atoms with Crippen molar-refractivity contribution in [3.8, 4) is 5.75 Å². The van der Waals surface area contributed by atoms with E-state index in [1.54, 1.807) is 12.1 Å². The molecule has 0 saturated carbocycles. The monoisotopic (exact) mass is 445 g/mol. The van der Waals surface area contributed by atoms with Crippen LogP contribution in [0.5, 0.6) is 5.75 Å². The summed E-state index contributed by atoms with van der Waals surface area (Å²) in [4.78, 5) is 31.4. The van der Waals surface area contributed by atoms with E-state index in [0.29, 0.717) is 11.6 Å². The lowest BCUT2D eigenvalue weighted by atomic mass is 10.1. The van der Waals surface area contributed by atoms with E-state index in [1.807, 2.05) is 26.0 Å². The Balaban J connectivity index is 1.47. The van der Waals surface area contributed by atoms with Gasteiger partial charge in [0.1, 0.15) is 11.8 Å². The van der Waals surface area contributed by atoms with Gasteiger partial charge >= 0.3 is 6.61 Å². The number of amides is 2. The third-order valence-corrected chi connectivity index (χ3v) is 6.38. The van der Waals surface area contributed by atoms with E-state index < -0.39 is 12.7 Å². The number of aromatic nitrogens is 1. The van der Waals surface area contributed by atoms with Crippen molar-refractivity contribution < 1.29 is 23.1 Å². The number of likely N-dealkylation sites (tertiary alicyclic amines) is 1. The van der Waals surface area contributed by atoms with Crippen LogP contribution in [0.2, 0.25) is 0 Å². The number of carbonyl (C=O) groups excluding carboxylic acids is 2. The number of nitrogens with zero attached hydrogens (tertiary/aromatic N) is 2. The average Bonchev–Trinajstić information content (AvgIpc) is 3.30. The zero-order valence-corrected chi connectivity index (χ0v) is 17.8. The second kappa shape index (κ2) is 8.58. The topological polar surface area (TPSA) is 71.5 Å². The highest BCUT2D eigenvalue weighted by molar-refractivity contribution is 7.22.